The van der Waals surface area contributed by atoms with Crippen LogP contribution in [0.1, 0.15) is 25.7 Å². The van der Waals surface area contributed by atoms with E-state index in [1.165, 1.54) is 37.9 Å². The SMILES string of the molecule is CN(c1nc2nnc(-c3ccc(-c4cn[nH]c4F)cc3O)cc2s1)C1CCCC1. The highest BCUT2D eigenvalue weighted by Crippen LogP contribution is 2.36. The lowest BCUT2D eigenvalue weighted by molar-refractivity contribution is 0.477. The number of phenols is 1. The fourth-order valence-electron chi connectivity index (χ4n) is 3.85. The second kappa shape index (κ2) is 7.07. The molecule has 9 heteroatoms. The average Bonchev–Trinajstić information content (AvgIpc) is 3.47. The predicted molar refractivity (Wildman–Crippen MR) is 111 cm³/mol. The number of aromatic nitrogens is 5. The summed E-state index contributed by atoms with van der Waals surface area (Å²) in [6.07, 6.45) is 6.31. The Bertz CT molecular complexity index is 1180. The summed E-state index contributed by atoms with van der Waals surface area (Å²) >= 11 is 1.58. The maximum absolute atomic E-state index is 13.7. The highest BCUT2D eigenvalue weighted by Gasteiger charge is 2.23. The zero-order chi connectivity index (χ0) is 20.0. The summed E-state index contributed by atoms with van der Waals surface area (Å²) in [5.41, 5.74) is 2.52. The van der Waals surface area contributed by atoms with Crippen molar-refractivity contribution in [3.8, 4) is 28.1 Å². The van der Waals surface area contributed by atoms with Crippen molar-refractivity contribution in [1.29, 1.82) is 0 Å². The van der Waals surface area contributed by atoms with Gasteiger partial charge in [-0.3, -0.25) is 5.10 Å². The lowest BCUT2D eigenvalue weighted by Crippen LogP contribution is -2.28. The molecule has 7 nitrogen and oxygen atoms in total. The number of hydrogen-bond acceptors (Lipinski definition) is 7. The third kappa shape index (κ3) is 3.21. The van der Waals surface area contributed by atoms with Crippen LogP contribution < -0.4 is 4.90 Å². The molecule has 0 saturated heterocycles. The number of benzene rings is 1. The van der Waals surface area contributed by atoms with Gasteiger partial charge in [0.25, 0.3) is 0 Å². The molecule has 0 radical (unpaired) electrons. The zero-order valence-electron chi connectivity index (χ0n) is 15.8. The molecule has 0 amide bonds. The number of fused-ring (bicyclic) bond motifs is 1. The number of thiazole rings is 1. The minimum absolute atomic E-state index is 0.00422. The van der Waals surface area contributed by atoms with E-state index in [9.17, 15) is 9.50 Å². The average molecular weight is 410 g/mol. The third-order valence-corrected chi connectivity index (χ3v) is 6.58. The number of nitrogens with zero attached hydrogens (tertiary/aromatic N) is 5. The molecule has 1 aliphatic carbocycles. The number of hydrogen-bond donors (Lipinski definition) is 2. The normalized spacial score (nSPS) is 14.7. The second-order valence-electron chi connectivity index (χ2n) is 7.29. The quantitative estimate of drug-likeness (QED) is 0.519. The van der Waals surface area contributed by atoms with E-state index < -0.39 is 5.95 Å². The van der Waals surface area contributed by atoms with Crippen LogP contribution in [-0.4, -0.2) is 43.6 Å². The Morgan fingerprint density at radius 2 is 2.00 bits per heavy atom. The first kappa shape index (κ1) is 18.0. The molecule has 4 aromatic rings. The number of H-pyrrole nitrogens is 1. The monoisotopic (exact) mass is 410 g/mol. The molecule has 0 spiro atoms. The van der Waals surface area contributed by atoms with E-state index in [1.807, 2.05) is 6.07 Å². The van der Waals surface area contributed by atoms with Crippen molar-refractivity contribution in [2.24, 2.45) is 0 Å². The van der Waals surface area contributed by atoms with Gasteiger partial charge in [0.05, 0.1) is 22.2 Å². The molecule has 1 saturated carbocycles. The van der Waals surface area contributed by atoms with Gasteiger partial charge in [-0.25, -0.2) is 0 Å². The van der Waals surface area contributed by atoms with Crippen LogP contribution in [0.2, 0.25) is 0 Å². The van der Waals surface area contributed by atoms with E-state index in [4.69, 9.17) is 0 Å². The number of aromatic hydroxyl groups is 1. The van der Waals surface area contributed by atoms with Gasteiger partial charge in [0, 0.05) is 18.7 Å². The number of halogens is 1. The molecule has 3 heterocycles. The Morgan fingerprint density at radius 1 is 1.17 bits per heavy atom. The first-order valence-electron chi connectivity index (χ1n) is 9.50. The second-order valence-corrected chi connectivity index (χ2v) is 8.30. The van der Waals surface area contributed by atoms with Crippen molar-refractivity contribution < 1.29 is 9.50 Å². The minimum atomic E-state index is -0.540. The van der Waals surface area contributed by atoms with E-state index in [0.29, 0.717) is 34.1 Å². The van der Waals surface area contributed by atoms with Gasteiger partial charge in [-0.1, -0.05) is 30.2 Å². The Labute approximate surface area is 170 Å². The van der Waals surface area contributed by atoms with Crippen LogP contribution in [0.25, 0.3) is 32.7 Å². The van der Waals surface area contributed by atoms with Gasteiger partial charge in [-0.05, 0) is 36.6 Å². The topological polar surface area (TPSA) is 90.8 Å². The summed E-state index contributed by atoms with van der Waals surface area (Å²) in [4.78, 5) is 6.87. The number of anilines is 1. The van der Waals surface area contributed by atoms with Gasteiger partial charge in [-0.2, -0.15) is 14.5 Å². The summed E-state index contributed by atoms with van der Waals surface area (Å²) in [6.45, 7) is 0. The first-order valence-corrected chi connectivity index (χ1v) is 10.3. The van der Waals surface area contributed by atoms with Crippen LogP contribution >= 0.6 is 11.3 Å². The number of phenolic OH excluding ortho intramolecular Hbond substituents is 1. The Morgan fingerprint density at radius 3 is 2.72 bits per heavy atom. The number of rotatable bonds is 4. The molecule has 0 atom stereocenters. The van der Waals surface area contributed by atoms with Crippen molar-refractivity contribution in [1.82, 2.24) is 25.4 Å². The van der Waals surface area contributed by atoms with Crippen LogP contribution in [0.3, 0.4) is 0 Å². The van der Waals surface area contributed by atoms with Gasteiger partial charge < -0.3 is 10.0 Å². The summed E-state index contributed by atoms with van der Waals surface area (Å²) in [6, 6.07) is 7.35. The van der Waals surface area contributed by atoms with Crippen molar-refractivity contribution >= 4 is 26.8 Å². The van der Waals surface area contributed by atoms with E-state index >= 15 is 0 Å². The van der Waals surface area contributed by atoms with E-state index in [0.717, 1.165) is 9.83 Å². The number of nitrogens with one attached hydrogen (secondary N) is 1. The van der Waals surface area contributed by atoms with Gasteiger partial charge in [-0.15, -0.1) is 10.2 Å². The third-order valence-electron chi connectivity index (χ3n) is 5.50. The fourth-order valence-corrected chi connectivity index (χ4v) is 4.82. The maximum atomic E-state index is 13.7. The summed E-state index contributed by atoms with van der Waals surface area (Å²) in [7, 11) is 2.08. The van der Waals surface area contributed by atoms with Crippen molar-refractivity contribution in [2.45, 2.75) is 31.7 Å². The molecule has 0 bridgehead atoms. The minimum Gasteiger partial charge on any atom is -0.507 e. The van der Waals surface area contributed by atoms with Crippen LogP contribution in [-0.2, 0) is 0 Å². The van der Waals surface area contributed by atoms with Gasteiger partial charge in [0.15, 0.2) is 10.8 Å². The Balaban J connectivity index is 1.48. The lowest BCUT2D eigenvalue weighted by Gasteiger charge is -2.22. The van der Waals surface area contributed by atoms with Crippen LogP contribution in [0.15, 0.2) is 30.5 Å². The van der Waals surface area contributed by atoms with Crippen molar-refractivity contribution in [2.75, 3.05) is 11.9 Å². The van der Waals surface area contributed by atoms with E-state index in [2.05, 4.69) is 37.3 Å². The molecule has 148 valence electrons. The summed E-state index contributed by atoms with van der Waals surface area (Å²) in [5, 5.41) is 25.9. The highest BCUT2D eigenvalue weighted by molar-refractivity contribution is 7.22. The fraction of sp³-hybridized carbons (Fsp3) is 0.300. The van der Waals surface area contributed by atoms with Crippen molar-refractivity contribution in [3.63, 3.8) is 0 Å². The van der Waals surface area contributed by atoms with E-state index in [1.54, 1.807) is 23.5 Å². The molecule has 3 aromatic heterocycles. The van der Waals surface area contributed by atoms with Crippen LogP contribution in [0, 0.1) is 5.95 Å². The van der Waals surface area contributed by atoms with Crippen LogP contribution in [0.4, 0.5) is 9.52 Å². The van der Waals surface area contributed by atoms with Gasteiger partial charge in [0.2, 0.25) is 5.95 Å². The van der Waals surface area contributed by atoms with Crippen LogP contribution in [0.5, 0.6) is 5.75 Å². The molecule has 0 aliphatic heterocycles. The highest BCUT2D eigenvalue weighted by atomic mass is 32.1. The molecule has 1 aromatic carbocycles. The molecule has 1 fully saturated rings. The van der Waals surface area contributed by atoms with Crippen molar-refractivity contribution in [3.05, 3.63) is 36.4 Å². The largest absolute Gasteiger partial charge is 0.507 e. The molecular formula is C20H19FN6OS. The predicted octanol–water partition coefficient (Wildman–Crippen LogP) is 4.37. The standard InChI is InChI=1S/C20H19FN6OS/c1-27(12-4-2-3-5-12)20-23-19-17(29-20)9-15(24-26-19)13-7-6-11(8-16(13)28)14-10-22-25-18(14)21/h6-10,12,28H,2-5H2,1H3,(H,22,25). The smallest absolute Gasteiger partial charge is 0.216 e. The lowest BCUT2D eigenvalue weighted by atomic mass is 10.0. The maximum Gasteiger partial charge on any atom is 0.216 e. The molecule has 0 unspecified atom stereocenters. The molecule has 29 heavy (non-hydrogen) atoms. The summed E-state index contributed by atoms with van der Waals surface area (Å²) in [5.74, 6) is -0.536. The van der Waals surface area contributed by atoms with Gasteiger partial charge in [0.1, 0.15) is 5.75 Å². The Hall–Kier alpha value is -3.07. The zero-order valence-corrected chi connectivity index (χ0v) is 16.6. The molecule has 2 N–H and O–H groups in total. The molecular weight excluding hydrogens is 391 g/mol. The Kier molecular flexibility index (Phi) is 4.39. The molecule has 1 aliphatic rings. The summed E-state index contributed by atoms with van der Waals surface area (Å²) < 4.78 is 14.6. The van der Waals surface area contributed by atoms with Gasteiger partial charge >= 0.3 is 0 Å². The van der Waals surface area contributed by atoms with E-state index in [-0.39, 0.29) is 5.75 Å². The molecule has 5 rings (SSSR count). The number of aromatic amines is 1. The first-order chi connectivity index (χ1) is 14.1.